The number of halogens is 1. The van der Waals surface area contributed by atoms with Crippen LogP contribution >= 0.6 is 11.8 Å². The van der Waals surface area contributed by atoms with Crippen LogP contribution in [0.4, 0.5) is 4.39 Å². The van der Waals surface area contributed by atoms with Crippen LogP contribution < -0.4 is 5.32 Å². The SMILES string of the molecule is CSCC[C@H](CC(=O)c1cccc(CCC(=O)COCCOCCOCCCC(=O)CN2CCN(CC(=O)O)CCN(CC(=O)O)CCN(CC(=O)O)CC2)c1F)C(=O)NCC(=O)C[C@@H](CCCCN1C(=O)C=CC1=O)C(=O)O. The maximum absolute atomic E-state index is 15.7. The Labute approximate surface area is 463 Å². The fraction of sp³-hybridized carbons (Fsp3) is 0.642. The van der Waals surface area contributed by atoms with E-state index in [1.807, 2.05) is 11.2 Å². The number of carbonyl (C=O) groups excluding carboxylic acids is 7. The zero-order valence-electron chi connectivity index (χ0n) is 45.0. The van der Waals surface area contributed by atoms with E-state index in [-0.39, 0.29) is 166 Å². The first-order valence-corrected chi connectivity index (χ1v) is 27.8. The molecule has 79 heavy (non-hydrogen) atoms. The minimum Gasteiger partial charge on any atom is -0.481 e. The number of carbonyl (C=O) groups is 11. The predicted molar refractivity (Wildman–Crippen MR) is 284 cm³/mol. The van der Waals surface area contributed by atoms with Gasteiger partial charge in [0.1, 0.15) is 18.2 Å². The smallest absolute Gasteiger partial charge is 0.317 e. The summed E-state index contributed by atoms with van der Waals surface area (Å²) < 4.78 is 32.2. The molecule has 1 aromatic carbocycles. The Morgan fingerprint density at radius 2 is 1.15 bits per heavy atom. The molecule has 1 fully saturated rings. The van der Waals surface area contributed by atoms with Crippen molar-refractivity contribution in [1.82, 2.24) is 29.8 Å². The van der Waals surface area contributed by atoms with Crippen LogP contribution in [0.1, 0.15) is 73.7 Å². The first kappa shape index (κ1) is 67.4. The van der Waals surface area contributed by atoms with Crippen molar-refractivity contribution in [3.05, 3.63) is 47.3 Å². The number of nitrogens with zero attached hydrogens (tertiary/aromatic N) is 5. The van der Waals surface area contributed by atoms with E-state index in [9.17, 15) is 73.2 Å². The minimum atomic E-state index is -1.20. The molecule has 2 heterocycles. The van der Waals surface area contributed by atoms with Gasteiger partial charge >= 0.3 is 23.9 Å². The summed E-state index contributed by atoms with van der Waals surface area (Å²) in [6.45, 7) is 2.03. The Bertz CT molecular complexity index is 2200. The van der Waals surface area contributed by atoms with Crippen LogP contribution in [0.3, 0.4) is 0 Å². The van der Waals surface area contributed by atoms with Crippen molar-refractivity contribution in [1.29, 1.82) is 0 Å². The zero-order chi connectivity index (χ0) is 58.1. The van der Waals surface area contributed by atoms with Crippen molar-refractivity contribution >= 4 is 76.5 Å². The van der Waals surface area contributed by atoms with Crippen molar-refractivity contribution in [2.75, 3.05) is 143 Å². The number of ketones is 4. The van der Waals surface area contributed by atoms with Gasteiger partial charge in [0.15, 0.2) is 17.3 Å². The number of aliphatic carboxylic acids is 4. The zero-order valence-corrected chi connectivity index (χ0v) is 45.8. The van der Waals surface area contributed by atoms with Gasteiger partial charge in [0.25, 0.3) is 11.8 Å². The first-order chi connectivity index (χ1) is 37.8. The van der Waals surface area contributed by atoms with Crippen molar-refractivity contribution in [3.8, 4) is 0 Å². The lowest BCUT2D eigenvalue weighted by Gasteiger charge is -2.32. The van der Waals surface area contributed by atoms with E-state index in [1.54, 1.807) is 14.7 Å². The second-order valence-corrected chi connectivity index (χ2v) is 20.3. The van der Waals surface area contributed by atoms with Gasteiger partial charge in [0, 0.05) is 109 Å². The van der Waals surface area contributed by atoms with Crippen LogP contribution in [0.2, 0.25) is 0 Å². The largest absolute Gasteiger partial charge is 0.481 e. The highest BCUT2D eigenvalue weighted by molar-refractivity contribution is 7.98. The molecule has 0 aromatic heterocycles. The molecule has 2 atom stereocenters. The Hall–Kier alpha value is -5.87. The van der Waals surface area contributed by atoms with Gasteiger partial charge in [-0.05, 0) is 55.7 Å². The van der Waals surface area contributed by atoms with E-state index in [2.05, 4.69) is 5.32 Å². The van der Waals surface area contributed by atoms with Gasteiger partial charge in [-0.2, -0.15) is 11.8 Å². The molecule has 26 heteroatoms. The number of carboxylic acids is 4. The molecule has 1 saturated heterocycles. The lowest BCUT2D eigenvalue weighted by Crippen LogP contribution is -2.49. The molecule has 1 aromatic rings. The van der Waals surface area contributed by atoms with E-state index < -0.39 is 77.4 Å². The Morgan fingerprint density at radius 1 is 0.620 bits per heavy atom. The standard InChI is InChI=1S/C53H77FN6O18S/c1-79-29-14-39(52(73)55-32-43(63)30-40(53(74)75)6-2-3-15-60-46(65)12-13-47(60)66)31-45(64)44-9-4-7-38(51(44)54)10-11-42(62)37-78-28-27-77-26-25-76-24-5-8-41(61)33-56-16-18-57(34-48(67)68)20-22-59(36-50(71)72)23-21-58(19-17-56)35-49(69)70/h4,7,9,12-13,39-40H,2-3,5-6,8,10-11,14-37H2,1H3,(H,55,73)(H,67,68)(H,69,70)(H,71,72)(H,74,75)/t39-,40-/m1/s1. The van der Waals surface area contributed by atoms with Gasteiger partial charge in [-0.25, -0.2) is 4.39 Å². The maximum atomic E-state index is 15.7. The van der Waals surface area contributed by atoms with Crippen LogP contribution in [-0.2, 0) is 68.6 Å². The average Bonchev–Trinajstić information content (AvgIpc) is 3.72. The van der Waals surface area contributed by atoms with Gasteiger partial charge in [0.2, 0.25) is 5.91 Å². The molecule has 440 valence electrons. The summed E-state index contributed by atoms with van der Waals surface area (Å²) in [5, 5.41) is 40.4. The molecule has 3 rings (SSSR count). The number of hydrogen-bond donors (Lipinski definition) is 5. The third kappa shape index (κ3) is 28.2. The summed E-state index contributed by atoms with van der Waals surface area (Å²) in [7, 11) is 0. The molecule has 5 N–H and O–H groups in total. The molecule has 3 amide bonds. The Kier molecular flexibility index (Phi) is 32.3. The molecular weight excluding hydrogens is 1060 g/mol. The van der Waals surface area contributed by atoms with E-state index in [0.29, 0.717) is 51.2 Å². The average molecular weight is 1140 g/mol. The van der Waals surface area contributed by atoms with Crippen molar-refractivity contribution < 1.29 is 91.8 Å². The highest BCUT2D eigenvalue weighted by Gasteiger charge is 2.28. The van der Waals surface area contributed by atoms with Crippen LogP contribution in [-0.4, -0.2) is 253 Å². The fourth-order valence-electron chi connectivity index (χ4n) is 8.67. The predicted octanol–water partition coefficient (Wildman–Crippen LogP) is 1.02. The van der Waals surface area contributed by atoms with Crippen molar-refractivity contribution in [2.45, 2.75) is 64.2 Å². The number of ether oxygens (including phenoxy) is 3. The van der Waals surface area contributed by atoms with Crippen LogP contribution in [0.25, 0.3) is 0 Å². The third-order valence-electron chi connectivity index (χ3n) is 13.1. The summed E-state index contributed by atoms with van der Waals surface area (Å²) >= 11 is 1.43. The normalized spacial score (nSPS) is 16.0. The van der Waals surface area contributed by atoms with Crippen LogP contribution in [0.15, 0.2) is 30.4 Å². The topological polar surface area (TPSA) is 325 Å². The summed E-state index contributed by atoms with van der Waals surface area (Å²) in [5.74, 6) is -9.68. The molecule has 0 radical (unpaired) electrons. The number of benzene rings is 1. The summed E-state index contributed by atoms with van der Waals surface area (Å²) in [6, 6.07) is 4.24. The lowest BCUT2D eigenvalue weighted by molar-refractivity contribution is -0.144. The number of amides is 3. The number of rotatable bonds is 40. The van der Waals surface area contributed by atoms with E-state index >= 15 is 4.39 Å². The monoisotopic (exact) mass is 1140 g/mol. The Balaban J connectivity index is 1.33. The number of carboxylic acid groups (broad SMARTS) is 4. The number of hydrogen-bond acceptors (Lipinski definition) is 19. The van der Waals surface area contributed by atoms with Crippen molar-refractivity contribution in [2.24, 2.45) is 11.8 Å². The van der Waals surface area contributed by atoms with Gasteiger partial charge < -0.3 is 40.0 Å². The van der Waals surface area contributed by atoms with Gasteiger partial charge in [-0.15, -0.1) is 0 Å². The minimum absolute atomic E-state index is 0.0174. The molecule has 2 aliphatic rings. The number of unbranched alkanes of at least 4 members (excludes halogenated alkanes) is 1. The van der Waals surface area contributed by atoms with Gasteiger partial charge in [-0.3, -0.25) is 77.2 Å². The molecule has 2 aliphatic heterocycles. The second-order valence-electron chi connectivity index (χ2n) is 19.3. The summed E-state index contributed by atoms with van der Waals surface area (Å²) in [4.78, 5) is 143. The van der Waals surface area contributed by atoms with Crippen molar-refractivity contribution in [3.63, 3.8) is 0 Å². The highest BCUT2D eigenvalue weighted by atomic mass is 32.2. The number of aryl methyl sites for hydroxylation is 1. The fourth-order valence-corrected chi connectivity index (χ4v) is 9.19. The molecule has 0 bridgehead atoms. The molecule has 0 saturated carbocycles. The van der Waals surface area contributed by atoms with E-state index in [0.717, 1.165) is 17.1 Å². The third-order valence-corrected chi connectivity index (χ3v) is 13.7. The second kappa shape index (κ2) is 37.9. The number of Topliss-reactive ketones (excluding diaryl/α,β-unsaturated/α-hetero) is 4. The van der Waals surface area contributed by atoms with E-state index in [1.165, 1.54) is 30.0 Å². The van der Waals surface area contributed by atoms with Gasteiger partial charge in [0.05, 0.1) is 70.6 Å². The molecular formula is C53H77FN6O18S. The quantitative estimate of drug-likeness (QED) is 0.0348. The first-order valence-electron chi connectivity index (χ1n) is 26.4. The van der Waals surface area contributed by atoms with E-state index in [4.69, 9.17) is 14.2 Å². The molecule has 0 spiro atoms. The highest BCUT2D eigenvalue weighted by Crippen LogP contribution is 2.22. The lowest BCUT2D eigenvalue weighted by atomic mass is 9.93. The van der Waals surface area contributed by atoms with Gasteiger partial charge in [-0.1, -0.05) is 18.6 Å². The Morgan fingerprint density at radius 3 is 1.68 bits per heavy atom. The van der Waals surface area contributed by atoms with Crippen LogP contribution in [0, 0.1) is 17.7 Å². The maximum Gasteiger partial charge on any atom is 0.317 e. The number of imide groups is 1. The van der Waals surface area contributed by atoms with Crippen LogP contribution in [0.5, 0.6) is 0 Å². The number of thioether (sulfide) groups is 1. The number of nitrogens with one attached hydrogen (secondary N) is 1. The molecule has 0 unspecified atom stereocenters. The molecule has 24 nitrogen and oxygen atoms in total. The molecule has 0 aliphatic carbocycles. The summed E-state index contributed by atoms with van der Waals surface area (Å²) in [6.07, 6.45) is 4.98. The summed E-state index contributed by atoms with van der Waals surface area (Å²) in [5.41, 5.74) is -0.121.